The zero-order valence-corrected chi connectivity index (χ0v) is 17.7. The Morgan fingerprint density at radius 1 is 1.30 bits per heavy atom. The number of nitrogens with two attached hydrogens (primary N) is 1. The van der Waals surface area contributed by atoms with Gasteiger partial charge >= 0.3 is 0 Å². The third kappa shape index (κ3) is 3.79. The standard InChI is InChI=1S/C21H22N4O4S/c1-13-10-19(25(26)27)21(30(23,28)29)15(3)20(13)14(2)11-24-12-16(8-9-22)17-6-4-5-7-18(17)24/h4-7,10,12,14H,8,11H2,1-3H3,(H2,23,28,29)/t14-/m1/s1. The van der Waals surface area contributed by atoms with Crippen LogP contribution in [0.15, 0.2) is 41.4 Å². The number of para-hydroxylation sites is 1. The van der Waals surface area contributed by atoms with Gasteiger partial charge in [-0.3, -0.25) is 10.1 Å². The minimum absolute atomic E-state index is 0.156. The van der Waals surface area contributed by atoms with E-state index in [4.69, 9.17) is 10.4 Å². The Labute approximate surface area is 174 Å². The monoisotopic (exact) mass is 426 g/mol. The molecule has 0 saturated heterocycles. The van der Waals surface area contributed by atoms with E-state index in [9.17, 15) is 18.5 Å². The number of aromatic nitrogens is 1. The molecule has 1 heterocycles. The fourth-order valence-corrected chi connectivity index (χ4v) is 5.26. The number of benzene rings is 2. The van der Waals surface area contributed by atoms with Crippen LogP contribution in [0.25, 0.3) is 10.9 Å². The first kappa shape index (κ1) is 21.5. The molecule has 156 valence electrons. The Bertz CT molecular complexity index is 1300. The van der Waals surface area contributed by atoms with Gasteiger partial charge in [0, 0.05) is 29.7 Å². The molecule has 1 aromatic heterocycles. The highest BCUT2D eigenvalue weighted by molar-refractivity contribution is 7.89. The minimum Gasteiger partial charge on any atom is -0.347 e. The summed E-state index contributed by atoms with van der Waals surface area (Å²) in [5.41, 5.74) is 3.02. The Balaban J connectivity index is 2.13. The van der Waals surface area contributed by atoms with Crippen LogP contribution in [0.5, 0.6) is 0 Å². The molecule has 0 fully saturated rings. The van der Waals surface area contributed by atoms with Crippen LogP contribution in [0.3, 0.4) is 0 Å². The molecule has 9 heteroatoms. The quantitative estimate of drug-likeness (QED) is 0.474. The number of aryl methyl sites for hydroxylation is 1. The lowest BCUT2D eigenvalue weighted by atomic mass is 9.91. The van der Waals surface area contributed by atoms with Gasteiger partial charge in [-0.1, -0.05) is 25.1 Å². The highest BCUT2D eigenvalue weighted by Gasteiger charge is 2.30. The van der Waals surface area contributed by atoms with Gasteiger partial charge in [-0.15, -0.1) is 0 Å². The number of nitro benzene ring substituents is 1. The van der Waals surface area contributed by atoms with Crippen LogP contribution in [0.2, 0.25) is 0 Å². The summed E-state index contributed by atoms with van der Waals surface area (Å²) < 4.78 is 26.3. The summed E-state index contributed by atoms with van der Waals surface area (Å²) in [5.74, 6) is -0.156. The van der Waals surface area contributed by atoms with E-state index >= 15 is 0 Å². The molecule has 0 saturated carbocycles. The average molecular weight is 426 g/mol. The molecule has 1 atom stereocenters. The van der Waals surface area contributed by atoms with Gasteiger partial charge in [-0.25, -0.2) is 13.6 Å². The fraction of sp³-hybridized carbons (Fsp3) is 0.286. The highest BCUT2D eigenvalue weighted by Crippen LogP contribution is 2.36. The van der Waals surface area contributed by atoms with E-state index in [1.54, 1.807) is 13.8 Å². The number of primary sulfonamides is 1. The fourth-order valence-electron chi connectivity index (χ4n) is 4.30. The van der Waals surface area contributed by atoms with E-state index in [0.29, 0.717) is 23.2 Å². The Kier molecular flexibility index (Phi) is 5.65. The van der Waals surface area contributed by atoms with Crippen LogP contribution in [0, 0.1) is 35.3 Å². The number of nitro groups is 1. The van der Waals surface area contributed by atoms with Gasteiger partial charge < -0.3 is 4.57 Å². The molecule has 30 heavy (non-hydrogen) atoms. The van der Waals surface area contributed by atoms with Gasteiger partial charge in [-0.05, 0) is 48.1 Å². The topological polar surface area (TPSA) is 132 Å². The van der Waals surface area contributed by atoms with E-state index < -0.39 is 25.5 Å². The number of nitriles is 1. The van der Waals surface area contributed by atoms with Gasteiger partial charge in [0.15, 0.2) is 4.90 Å². The van der Waals surface area contributed by atoms with Crippen molar-refractivity contribution in [3.05, 3.63) is 68.9 Å². The summed E-state index contributed by atoms with van der Waals surface area (Å²) in [4.78, 5) is 10.2. The molecule has 0 unspecified atom stereocenters. The summed E-state index contributed by atoms with van der Waals surface area (Å²) in [5, 5.41) is 26.8. The lowest BCUT2D eigenvalue weighted by Gasteiger charge is -2.21. The summed E-state index contributed by atoms with van der Waals surface area (Å²) in [6, 6.07) is 11.2. The third-order valence-electron chi connectivity index (χ3n) is 5.34. The second-order valence-electron chi connectivity index (χ2n) is 7.44. The molecule has 0 aliphatic carbocycles. The van der Waals surface area contributed by atoms with Crippen molar-refractivity contribution in [2.75, 3.05) is 0 Å². The molecule has 2 N–H and O–H groups in total. The first-order valence-corrected chi connectivity index (χ1v) is 10.9. The zero-order chi connectivity index (χ0) is 22.2. The van der Waals surface area contributed by atoms with E-state index in [1.165, 1.54) is 6.07 Å². The lowest BCUT2D eigenvalue weighted by Crippen LogP contribution is -2.19. The van der Waals surface area contributed by atoms with Crippen LogP contribution in [-0.4, -0.2) is 17.9 Å². The number of nitrogens with zero attached hydrogens (tertiary/aromatic N) is 3. The maximum atomic E-state index is 12.1. The number of sulfonamides is 1. The van der Waals surface area contributed by atoms with Gasteiger partial charge in [0.25, 0.3) is 5.69 Å². The van der Waals surface area contributed by atoms with Gasteiger partial charge in [0.2, 0.25) is 10.0 Å². The predicted octanol–water partition coefficient (Wildman–Crippen LogP) is 3.68. The maximum absolute atomic E-state index is 12.1. The van der Waals surface area contributed by atoms with Crippen molar-refractivity contribution in [2.45, 2.75) is 44.6 Å². The van der Waals surface area contributed by atoms with Crippen molar-refractivity contribution < 1.29 is 13.3 Å². The SMILES string of the molecule is Cc1cc([N+](=O)[O-])c(S(N)(=O)=O)c(C)c1[C@H](C)Cn1cc(CC#N)c2ccccc21. The number of hydrogen-bond donors (Lipinski definition) is 1. The number of rotatable bonds is 6. The van der Waals surface area contributed by atoms with E-state index in [0.717, 1.165) is 16.5 Å². The molecular weight excluding hydrogens is 404 g/mol. The largest absolute Gasteiger partial charge is 0.347 e. The van der Waals surface area contributed by atoms with Crippen molar-refractivity contribution in [1.82, 2.24) is 4.57 Å². The summed E-state index contributed by atoms with van der Waals surface area (Å²) >= 11 is 0. The number of fused-ring (bicyclic) bond motifs is 1. The molecule has 0 bridgehead atoms. The van der Waals surface area contributed by atoms with Crippen molar-refractivity contribution in [2.24, 2.45) is 5.14 Å². The Morgan fingerprint density at radius 2 is 1.97 bits per heavy atom. The van der Waals surface area contributed by atoms with Crippen LogP contribution in [0.4, 0.5) is 5.69 Å². The van der Waals surface area contributed by atoms with Crippen molar-refractivity contribution in [3.8, 4) is 6.07 Å². The van der Waals surface area contributed by atoms with Crippen LogP contribution < -0.4 is 5.14 Å². The second-order valence-corrected chi connectivity index (χ2v) is 8.94. The molecule has 0 aliphatic rings. The number of hydrogen-bond acceptors (Lipinski definition) is 5. The van der Waals surface area contributed by atoms with Crippen LogP contribution >= 0.6 is 0 Å². The predicted molar refractivity (Wildman–Crippen MR) is 114 cm³/mol. The van der Waals surface area contributed by atoms with Crippen molar-refractivity contribution in [3.63, 3.8) is 0 Å². The summed E-state index contributed by atoms with van der Waals surface area (Å²) in [6.07, 6.45) is 2.22. The molecule has 8 nitrogen and oxygen atoms in total. The van der Waals surface area contributed by atoms with Gasteiger partial charge in [-0.2, -0.15) is 5.26 Å². The van der Waals surface area contributed by atoms with Crippen molar-refractivity contribution in [1.29, 1.82) is 5.26 Å². The zero-order valence-electron chi connectivity index (χ0n) is 16.9. The summed E-state index contributed by atoms with van der Waals surface area (Å²) in [6.45, 7) is 5.73. The van der Waals surface area contributed by atoms with Gasteiger partial charge in [0.05, 0.1) is 17.4 Å². The van der Waals surface area contributed by atoms with Crippen molar-refractivity contribution >= 4 is 26.6 Å². The second kappa shape index (κ2) is 7.89. The summed E-state index contributed by atoms with van der Waals surface area (Å²) in [7, 11) is -4.28. The highest BCUT2D eigenvalue weighted by atomic mass is 32.2. The van der Waals surface area contributed by atoms with E-state index in [-0.39, 0.29) is 12.3 Å². The van der Waals surface area contributed by atoms with Crippen LogP contribution in [-0.2, 0) is 23.0 Å². The lowest BCUT2D eigenvalue weighted by molar-refractivity contribution is -0.388. The molecule has 3 aromatic rings. The maximum Gasteiger partial charge on any atom is 0.289 e. The first-order valence-electron chi connectivity index (χ1n) is 9.31. The molecule has 0 spiro atoms. The van der Waals surface area contributed by atoms with E-state index in [1.807, 2.05) is 42.0 Å². The molecule has 0 aliphatic heterocycles. The molecule has 0 amide bonds. The third-order valence-corrected chi connectivity index (χ3v) is 6.42. The average Bonchev–Trinajstić information content (AvgIpc) is 2.98. The normalized spacial score (nSPS) is 12.6. The Morgan fingerprint density at radius 3 is 2.57 bits per heavy atom. The smallest absolute Gasteiger partial charge is 0.289 e. The van der Waals surface area contributed by atoms with Gasteiger partial charge in [0.1, 0.15) is 0 Å². The molecule has 3 rings (SSSR count). The minimum atomic E-state index is -4.28. The Hall–Kier alpha value is -3.22. The molecule has 2 aromatic carbocycles. The van der Waals surface area contributed by atoms with E-state index in [2.05, 4.69) is 6.07 Å². The first-order chi connectivity index (χ1) is 14.1. The molecular formula is C21H22N4O4S. The molecule has 0 radical (unpaired) electrons. The van der Waals surface area contributed by atoms with Crippen LogP contribution in [0.1, 0.15) is 35.1 Å².